The van der Waals surface area contributed by atoms with Gasteiger partial charge in [-0.05, 0) is 41.8 Å². The monoisotopic (exact) mass is 315 g/mol. The minimum Gasteiger partial charge on any atom is -0.321 e. The van der Waals surface area contributed by atoms with Gasteiger partial charge in [0.05, 0.1) is 4.88 Å². The summed E-state index contributed by atoms with van der Waals surface area (Å²) in [7, 11) is 0. The number of rotatable bonds is 2. The molecule has 0 aliphatic heterocycles. The molecular weight excluding hydrogens is 306 g/mol. The zero-order chi connectivity index (χ0) is 14.8. The van der Waals surface area contributed by atoms with E-state index in [1.165, 1.54) is 0 Å². The Balaban J connectivity index is 1.94. The predicted molar refractivity (Wildman–Crippen MR) is 87.5 cm³/mol. The van der Waals surface area contributed by atoms with Crippen molar-refractivity contribution in [3.8, 4) is 0 Å². The Morgan fingerprint density at radius 2 is 1.76 bits per heavy atom. The van der Waals surface area contributed by atoms with E-state index < -0.39 is 0 Å². The zero-order valence-electron chi connectivity index (χ0n) is 10.8. The van der Waals surface area contributed by atoms with Crippen LogP contribution >= 0.6 is 22.9 Å². The summed E-state index contributed by atoms with van der Waals surface area (Å²) in [5, 5.41) is 4.75. The first-order chi connectivity index (χ1) is 10.1. The quantitative estimate of drug-likeness (QED) is 0.771. The van der Waals surface area contributed by atoms with E-state index in [1.54, 1.807) is 36.4 Å². The topological polar surface area (TPSA) is 46.2 Å². The van der Waals surface area contributed by atoms with Crippen LogP contribution < -0.4 is 10.1 Å². The fourth-order valence-corrected chi connectivity index (χ4v) is 2.92. The molecule has 1 amide bonds. The van der Waals surface area contributed by atoms with E-state index in [0.717, 1.165) is 16.7 Å². The largest absolute Gasteiger partial charge is 0.321 e. The number of amides is 1. The van der Waals surface area contributed by atoms with E-state index in [0.29, 0.717) is 21.0 Å². The molecule has 1 heterocycles. The lowest BCUT2D eigenvalue weighted by molar-refractivity contribution is 0.103. The third-order valence-electron chi connectivity index (χ3n) is 3.00. The number of carbonyl (C=O) groups excluding carboxylic acids is 1. The van der Waals surface area contributed by atoms with Gasteiger partial charge in [-0.25, -0.2) is 0 Å². The van der Waals surface area contributed by atoms with Crippen LogP contribution in [0.25, 0.3) is 10.8 Å². The summed E-state index contributed by atoms with van der Waals surface area (Å²) in [5.74, 6) is -0.301. The number of carbonyl (C=O) groups is 1. The number of fused-ring (bicyclic) bond motifs is 1. The Morgan fingerprint density at radius 3 is 2.52 bits per heavy atom. The summed E-state index contributed by atoms with van der Waals surface area (Å²) in [4.78, 5) is 24.6. The fraction of sp³-hybridized carbons (Fsp3) is 0. The van der Waals surface area contributed by atoms with Crippen molar-refractivity contribution in [3.05, 3.63) is 74.0 Å². The van der Waals surface area contributed by atoms with Crippen LogP contribution in [0.5, 0.6) is 0 Å². The maximum Gasteiger partial charge on any atom is 0.265 e. The first-order valence-corrected chi connectivity index (χ1v) is 7.43. The highest BCUT2D eigenvalue weighted by Gasteiger charge is 2.10. The van der Waals surface area contributed by atoms with Gasteiger partial charge >= 0.3 is 0 Å². The molecule has 0 fully saturated rings. The molecular formula is C16H10ClNO2S. The second kappa shape index (κ2) is 5.68. The molecule has 0 spiro atoms. The molecule has 0 bridgehead atoms. The van der Waals surface area contributed by atoms with Crippen molar-refractivity contribution in [1.82, 2.24) is 0 Å². The highest BCUT2D eigenvalue weighted by Crippen LogP contribution is 2.18. The number of anilines is 1. The molecule has 104 valence electrons. The van der Waals surface area contributed by atoms with Crippen molar-refractivity contribution in [2.75, 3.05) is 5.32 Å². The number of hydrogen-bond donors (Lipinski definition) is 1. The molecule has 21 heavy (non-hydrogen) atoms. The van der Waals surface area contributed by atoms with Crippen LogP contribution in [0.3, 0.4) is 0 Å². The summed E-state index contributed by atoms with van der Waals surface area (Å²) in [6.07, 6.45) is 0. The highest BCUT2D eigenvalue weighted by atomic mass is 35.5. The molecule has 0 saturated carbocycles. The van der Waals surface area contributed by atoms with Gasteiger partial charge in [-0.15, -0.1) is 0 Å². The van der Waals surface area contributed by atoms with Gasteiger partial charge in [0, 0.05) is 16.1 Å². The molecule has 3 aromatic rings. The molecule has 0 unspecified atom stereocenters. The van der Waals surface area contributed by atoms with E-state index >= 15 is 0 Å². The van der Waals surface area contributed by atoms with Crippen LogP contribution in [0.15, 0.2) is 59.4 Å². The van der Waals surface area contributed by atoms with E-state index in [2.05, 4.69) is 5.32 Å². The zero-order valence-corrected chi connectivity index (χ0v) is 12.4. The number of halogens is 1. The summed E-state index contributed by atoms with van der Waals surface area (Å²) in [6.45, 7) is 0. The Bertz CT molecular complexity index is 871. The van der Waals surface area contributed by atoms with Gasteiger partial charge in [-0.2, -0.15) is 0 Å². The second-order valence-electron chi connectivity index (χ2n) is 4.45. The van der Waals surface area contributed by atoms with Crippen molar-refractivity contribution in [2.45, 2.75) is 0 Å². The Labute approximate surface area is 129 Å². The van der Waals surface area contributed by atoms with Gasteiger partial charge in [-0.3, -0.25) is 9.59 Å². The van der Waals surface area contributed by atoms with Crippen LogP contribution in [0.1, 0.15) is 9.67 Å². The van der Waals surface area contributed by atoms with E-state index in [4.69, 9.17) is 11.6 Å². The smallest absolute Gasteiger partial charge is 0.265 e. The van der Waals surface area contributed by atoms with Crippen molar-refractivity contribution in [3.63, 3.8) is 0 Å². The van der Waals surface area contributed by atoms with Crippen LogP contribution in [-0.2, 0) is 0 Å². The molecule has 0 saturated heterocycles. The van der Waals surface area contributed by atoms with Gasteiger partial charge in [0.25, 0.3) is 5.91 Å². The van der Waals surface area contributed by atoms with Crippen molar-refractivity contribution >= 4 is 45.3 Å². The van der Waals surface area contributed by atoms with Gasteiger partial charge in [-0.1, -0.05) is 41.1 Å². The Hall–Kier alpha value is -2.17. The lowest BCUT2D eigenvalue weighted by Crippen LogP contribution is -2.12. The molecule has 3 rings (SSSR count). The van der Waals surface area contributed by atoms with E-state index in [1.807, 2.05) is 18.2 Å². The van der Waals surface area contributed by atoms with Crippen LogP contribution in [0.4, 0.5) is 5.69 Å². The molecule has 2 aromatic carbocycles. The van der Waals surface area contributed by atoms with E-state index in [9.17, 15) is 9.59 Å². The van der Waals surface area contributed by atoms with Gasteiger partial charge in [0.15, 0.2) is 0 Å². The molecule has 0 aliphatic rings. The molecule has 1 N–H and O–H groups in total. The normalized spacial score (nSPS) is 10.5. The lowest BCUT2D eigenvalue weighted by atomic mass is 10.2. The first-order valence-electron chi connectivity index (χ1n) is 6.23. The molecule has 5 heteroatoms. The molecule has 0 atom stereocenters. The van der Waals surface area contributed by atoms with Crippen LogP contribution in [-0.4, -0.2) is 5.91 Å². The average Bonchev–Trinajstić information content (AvgIpc) is 2.49. The minimum atomic E-state index is -0.301. The van der Waals surface area contributed by atoms with Gasteiger partial charge in [0.1, 0.15) is 0 Å². The van der Waals surface area contributed by atoms with Crippen LogP contribution in [0, 0.1) is 0 Å². The number of nitrogens with one attached hydrogen (secondary N) is 1. The second-order valence-corrected chi connectivity index (χ2v) is 5.90. The average molecular weight is 316 g/mol. The van der Waals surface area contributed by atoms with Crippen molar-refractivity contribution in [1.29, 1.82) is 0 Å². The summed E-state index contributed by atoms with van der Waals surface area (Å²) >= 11 is 6.74. The van der Waals surface area contributed by atoms with Gasteiger partial charge in [0.2, 0.25) is 4.74 Å². The molecule has 0 radical (unpaired) electrons. The molecule has 1 aromatic heterocycles. The predicted octanol–water partition coefficient (Wildman–Crippen LogP) is 4.17. The lowest BCUT2D eigenvalue weighted by Gasteiger charge is -2.05. The fourth-order valence-electron chi connectivity index (χ4n) is 1.97. The maximum atomic E-state index is 12.2. The summed E-state index contributed by atoms with van der Waals surface area (Å²) < 4.78 is -0.116. The third kappa shape index (κ3) is 2.96. The van der Waals surface area contributed by atoms with Gasteiger partial charge < -0.3 is 5.32 Å². The SMILES string of the molecule is O=C(Nc1ccc(Cl)cc1)c1cc2ccccc2c(=O)s1. The highest BCUT2D eigenvalue weighted by molar-refractivity contribution is 7.12. The summed E-state index contributed by atoms with van der Waals surface area (Å²) in [6, 6.07) is 15.8. The summed E-state index contributed by atoms with van der Waals surface area (Å²) in [5.41, 5.74) is 0.636. The first kappa shape index (κ1) is 13.8. The van der Waals surface area contributed by atoms with E-state index in [-0.39, 0.29) is 10.6 Å². The maximum absolute atomic E-state index is 12.2. The standard InChI is InChI=1S/C16H10ClNO2S/c17-11-5-7-12(8-6-11)18-15(19)14-9-10-3-1-2-4-13(10)16(20)21-14/h1-9H,(H,18,19). The number of benzene rings is 2. The Kier molecular flexibility index (Phi) is 3.73. The Morgan fingerprint density at radius 1 is 1.05 bits per heavy atom. The third-order valence-corrected chi connectivity index (χ3v) is 4.18. The van der Waals surface area contributed by atoms with Crippen molar-refractivity contribution < 1.29 is 4.79 Å². The number of hydrogen-bond acceptors (Lipinski definition) is 3. The molecule has 0 aliphatic carbocycles. The molecule has 3 nitrogen and oxygen atoms in total. The van der Waals surface area contributed by atoms with Crippen molar-refractivity contribution in [2.24, 2.45) is 0 Å². The van der Waals surface area contributed by atoms with Crippen LogP contribution in [0.2, 0.25) is 5.02 Å². The minimum absolute atomic E-state index is 0.116.